The number of nitrogens with zero attached hydrogens (tertiary/aromatic N) is 1. The number of hydrogen-bond acceptors (Lipinski definition) is 3. The van der Waals surface area contributed by atoms with Crippen LogP contribution in [0.4, 0.5) is 13.2 Å². The molecule has 0 saturated carbocycles. The molecule has 1 aromatic heterocycles. The Kier molecular flexibility index (Phi) is 5.25. The lowest BCUT2D eigenvalue weighted by atomic mass is 9.85. The standard InChI is InChI=1S/C28H25F3N2O2/c1-34-26-12-18-10-11-33-15-24-22(20-4-2-3-5-23(20)32-24)13-25(33)21(18)14-27(26)35-16-17-6-8-19(9-7-17)28(29,30)31/h2-9,12,14,25,32H,10-11,13,15-16H2,1H3. The van der Waals surface area contributed by atoms with Crippen LogP contribution >= 0.6 is 0 Å². The Morgan fingerprint density at radius 3 is 2.60 bits per heavy atom. The fourth-order valence-corrected chi connectivity index (χ4v) is 5.43. The SMILES string of the molecule is COc1cc2c(cc1OCc1ccc(C(F)(F)F)cc1)C1Cc3c([nH]c4ccccc34)CN1CC2. The summed E-state index contributed by atoms with van der Waals surface area (Å²) in [6.45, 7) is 2.01. The summed E-state index contributed by atoms with van der Waals surface area (Å²) in [5, 5.41) is 1.28. The second-order valence-electron chi connectivity index (χ2n) is 9.25. The molecule has 0 radical (unpaired) electrons. The number of benzene rings is 3. The molecule has 1 atom stereocenters. The molecule has 0 spiro atoms. The zero-order valence-corrected chi connectivity index (χ0v) is 19.3. The number of hydrogen-bond donors (Lipinski definition) is 1. The van der Waals surface area contributed by atoms with Crippen molar-refractivity contribution < 1.29 is 22.6 Å². The molecule has 2 aliphatic heterocycles. The van der Waals surface area contributed by atoms with Gasteiger partial charge in [0.2, 0.25) is 0 Å². The lowest BCUT2D eigenvalue weighted by Gasteiger charge is -2.40. The maximum atomic E-state index is 12.9. The maximum Gasteiger partial charge on any atom is 0.416 e. The van der Waals surface area contributed by atoms with E-state index in [4.69, 9.17) is 9.47 Å². The van der Waals surface area contributed by atoms with Crippen LogP contribution in [0.2, 0.25) is 0 Å². The molecule has 7 heteroatoms. The monoisotopic (exact) mass is 478 g/mol. The van der Waals surface area contributed by atoms with Crippen molar-refractivity contribution in [2.24, 2.45) is 0 Å². The molecule has 0 fully saturated rings. The van der Waals surface area contributed by atoms with Gasteiger partial charge in [-0.1, -0.05) is 30.3 Å². The fraction of sp³-hybridized carbons (Fsp3) is 0.286. The first-order valence-electron chi connectivity index (χ1n) is 11.7. The van der Waals surface area contributed by atoms with Crippen molar-refractivity contribution in [3.63, 3.8) is 0 Å². The van der Waals surface area contributed by atoms with Crippen molar-refractivity contribution in [1.82, 2.24) is 9.88 Å². The normalized spacial score (nSPS) is 17.5. The number of rotatable bonds is 4. The van der Waals surface area contributed by atoms with E-state index in [0.29, 0.717) is 17.1 Å². The van der Waals surface area contributed by atoms with E-state index < -0.39 is 11.7 Å². The van der Waals surface area contributed by atoms with E-state index in [1.54, 1.807) is 7.11 Å². The molecule has 0 saturated heterocycles. The molecule has 0 amide bonds. The number of para-hydroxylation sites is 1. The number of aromatic nitrogens is 1. The number of fused-ring (bicyclic) bond motifs is 6. The van der Waals surface area contributed by atoms with Crippen molar-refractivity contribution in [1.29, 1.82) is 0 Å². The minimum Gasteiger partial charge on any atom is -0.493 e. The smallest absolute Gasteiger partial charge is 0.416 e. The Morgan fingerprint density at radius 2 is 1.83 bits per heavy atom. The lowest BCUT2D eigenvalue weighted by molar-refractivity contribution is -0.137. The van der Waals surface area contributed by atoms with Crippen molar-refractivity contribution >= 4 is 10.9 Å². The summed E-state index contributed by atoms with van der Waals surface area (Å²) in [5.74, 6) is 1.26. The summed E-state index contributed by atoms with van der Waals surface area (Å²) in [4.78, 5) is 6.10. The molecule has 6 rings (SSSR count). The summed E-state index contributed by atoms with van der Waals surface area (Å²) in [6.07, 6.45) is -2.51. The third-order valence-electron chi connectivity index (χ3n) is 7.23. The molecule has 0 aliphatic carbocycles. The van der Waals surface area contributed by atoms with Crippen LogP contribution in [0.1, 0.15) is 39.6 Å². The van der Waals surface area contributed by atoms with Crippen LogP contribution < -0.4 is 9.47 Å². The van der Waals surface area contributed by atoms with Crippen molar-refractivity contribution in [3.05, 3.63) is 94.2 Å². The van der Waals surface area contributed by atoms with Gasteiger partial charge in [0.15, 0.2) is 11.5 Å². The van der Waals surface area contributed by atoms with Crippen molar-refractivity contribution in [2.75, 3.05) is 13.7 Å². The van der Waals surface area contributed by atoms with Gasteiger partial charge in [0, 0.05) is 35.7 Å². The van der Waals surface area contributed by atoms with Crippen molar-refractivity contribution in [2.45, 2.75) is 38.2 Å². The fourth-order valence-electron chi connectivity index (χ4n) is 5.43. The Hall–Kier alpha value is -3.45. The van der Waals surface area contributed by atoms with Gasteiger partial charge in [-0.15, -0.1) is 0 Å². The molecule has 3 aromatic carbocycles. The largest absolute Gasteiger partial charge is 0.493 e. The first-order valence-corrected chi connectivity index (χ1v) is 11.7. The Balaban J connectivity index is 1.29. The zero-order valence-electron chi connectivity index (χ0n) is 19.3. The van der Waals surface area contributed by atoms with Gasteiger partial charge in [0.1, 0.15) is 6.61 Å². The van der Waals surface area contributed by atoms with Crippen LogP contribution in [0.15, 0.2) is 60.7 Å². The molecule has 1 N–H and O–H groups in total. The Labute approximate surface area is 201 Å². The number of ether oxygens (including phenoxy) is 2. The summed E-state index contributed by atoms with van der Waals surface area (Å²) >= 11 is 0. The summed E-state index contributed by atoms with van der Waals surface area (Å²) < 4.78 is 50.3. The highest BCUT2D eigenvalue weighted by atomic mass is 19.4. The minimum absolute atomic E-state index is 0.161. The van der Waals surface area contributed by atoms with Crippen LogP contribution in [0.5, 0.6) is 11.5 Å². The number of nitrogens with one attached hydrogen (secondary N) is 1. The topological polar surface area (TPSA) is 37.5 Å². The van der Waals surface area contributed by atoms with Gasteiger partial charge in [-0.25, -0.2) is 0 Å². The van der Waals surface area contributed by atoms with E-state index >= 15 is 0 Å². The first kappa shape index (κ1) is 22.0. The Bertz CT molecular complexity index is 1390. The second-order valence-corrected chi connectivity index (χ2v) is 9.25. The molecule has 180 valence electrons. The molecule has 3 heterocycles. The minimum atomic E-state index is -4.35. The highest BCUT2D eigenvalue weighted by Crippen LogP contribution is 2.44. The van der Waals surface area contributed by atoms with Gasteiger partial charge in [-0.3, -0.25) is 4.90 Å². The lowest BCUT2D eigenvalue weighted by Crippen LogP contribution is -2.39. The molecule has 4 aromatic rings. The third kappa shape index (κ3) is 3.93. The number of methoxy groups -OCH3 is 1. The van der Waals surface area contributed by atoms with E-state index in [-0.39, 0.29) is 12.6 Å². The average Bonchev–Trinajstić information content (AvgIpc) is 3.22. The number of aromatic amines is 1. The van der Waals surface area contributed by atoms with Crippen LogP contribution in [0.25, 0.3) is 10.9 Å². The van der Waals surface area contributed by atoms with Crippen molar-refractivity contribution in [3.8, 4) is 11.5 Å². The molecular weight excluding hydrogens is 453 g/mol. The number of halogens is 3. The molecule has 35 heavy (non-hydrogen) atoms. The van der Waals surface area contributed by atoms with Gasteiger partial charge in [-0.2, -0.15) is 13.2 Å². The van der Waals surface area contributed by atoms with Gasteiger partial charge in [0.25, 0.3) is 0 Å². The quantitative estimate of drug-likeness (QED) is 0.367. The predicted molar refractivity (Wildman–Crippen MR) is 128 cm³/mol. The van der Waals surface area contributed by atoms with Crippen LogP contribution in [0, 0.1) is 0 Å². The van der Waals surface area contributed by atoms with Crippen LogP contribution in [-0.4, -0.2) is 23.5 Å². The van der Waals surface area contributed by atoms with Gasteiger partial charge < -0.3 is 14.5 Å². The first-order chi connectivity index (χ1) is 16.9. The van der Waals surface area contributed by atoms with E-state index in [1.807, 2.05) is 0 Å². The second kappa shape index (κ2) is 8.34. The van der Waals surface area contributed by atoms with Gasteiger partial charge in [-0.05, 0) is 65.4 Å². The van der Waals surface area contributed by atoms with Gasteiger partial charge in [0.05, 0.1) is 12.7 Å². The highest BCUT2D eigenvalue weighted by Gasteiger charge is 2.35. The predicted octanol–water partition coefficient (Wildman–Crippen LogP) is 6.43. The average molecular weight is 479 g/mol. The van der Waals surface area contributed by atoms with E-state index in [2.05, 4.69) is 46.3 Å². The van der Waals surface area contributed by atoms with Gasteiger partial charge >= 0.3 is 6.18 Å². The van der Waals surface area contributed by atoms with Crippen LogP contribution in [-0.2, 0) is 32.2 Å². The molecule has 2 aliphatic rings. The molecular formula is C28H25F3N2O2. The molecule has 4 nitrogen and oxygen atoms in total. The van der Waals surface area contributed by atoms with E-state index in [1.165, 1.54) is 45.4 Å². The zero-order chi connectivity index (χ0) is 24.2. The molecule has 0 bridgehead atoms. The molecule has 1 unspecified atom stereocenters. The van der Waals surface area contributed by atoms with E-state index in [9.17, 15) is 13.2 Å². The number of alkyl halides is 3. The third-order valence-corrected chi connectivity index (χ3v) is 7.23. The maximum absolute atomic E-state index is 12.9. The summed E-state index contributed by atoms with van der Waals surface area (Å²) in [7, 11) is 1.61. The van der Waals surface area contributed by atoms with Crippen LogP contribution in [0.3, 0.4) is 0 Å². The summed E-state index contributed by atoms with van der Waals surface area (Å²) in [6, 6.07) is 17.9. The Morgan fingerprint density at radius 1 is 1.03 bits per heavy atom. The summed E-state index contributed by atoms with van der Waals surface area (Å²) in [5.41, 5.74) is 6.33. The number of H-pyrrole nitrogens is 1. The highest BCUT2D eigenvalue weighted by molar-refractivity contribution is 5.85. The van der Waals surface area contributed by atoms with E-state index in [0.717, 1.165) is 38.1 Å².